The van der Waals surface area contributed by atoms with Crippen LogP contribution in [0, 0.1) is 0 Å². The molecule has 0 rings (SSSR count). The molecule has 0 atom stereocenters. The summed E-state index contributed by atoms with van der Waals surface area (Å²) in [5.74, 6) is 0.356. The fraction of sp³-hybridized carbons (Fsp3) is 0.286. The van der Waals surface area contributed by atoms with Crippen molar-refractivity contribution in [3.05, 3.63) is 24.5 Å². The van der Waals surface area contributed by atoms with Gasteiger partial charge in [0, 0.05) is 0 Å². The third-order valence-electron chi connectivity index (χ3n) is 0.769. The highest BCUT2D eigenvalue weighted by Crippen LogP contribution is 1.90. The summed E-state index contributed by atoms with van der Waals surface area (Å²) in [5, 5.41) is 0. The number of hydrogen-bond donors (Lipinski definition) is 0. The van der Waals surface area contributed by atoms with E-state index in [0.29, 0.717) is 18.7 Å². The maximum absolute atomic E-state index is 10.0. The number of rotatable bonds is 4. The van der Waals surface area contributed by atoms with Gasteiger partial charge in [-0.25, -0.2) is 0 Å². The lowest BCUT2D eigenvalue weighted by atomic mass is 10.5. The molecule has 2 heteroatoms. The topological polar surface area (TPSA) is 26.3 Å². The standard InChI is InChI=1S/C7H10O2/c1-3-5-9-7(4-2)6-8/h3-4,6H,1,5H2,2H3/b7-4-. The molecule has 50 valence electrons. The van der Waals surface area contributed by atoms with E-state index in [9.17, 15) is 4.79 Å². The lowest BCUT2D eigenvalue weighted by molar-refractivity contribution is -0.107. The largest absolute Gasteiger partial charge is 0.486 e. The number of ether oxygens (including phenoxy) is 1. The van der Waals surface area contributed by atoms with E-state index in [-0.39, 0.29) is 0 Å². The lowest BCUT2D eigenvalue weighted by Gasteiger charge is -1.97. The number of carbonyl (C=O) groups excluding carboxylic acids is 1. The molecule has 0 aromatic carbocycles. The molecular formula is C7H10O2. The van der Waals surface area contributed by atoms with E-state index in [1.54, 1.807) is 19.1 Å². The molecule has 0 unspecified atom stereocenters. The highest BCUT2D eigenvalue weighted by Gasteiger charge is 1.87. The van der Waals surface area contributed by atoms with Gasteiger partial charge in [-0.15, -0.1) is 0 Å². The first-order valence-corrected chi connectivity index (χ1v) is 2.70. The van der Waals surface area contributed by atoms with Crippen LogP contribution in [0.1, 0.15) is 6.92 Å². The van der Waals surface area contributed by atoms with E-state index in [1.165, 1.54) is 0 Å². The minimum absolute atomic E-state index is 0.356. The fourth-order valence-electron chi connectivity index (χ4n) is 0.341. The van der Waals surface area contributed by atoms with Gasteiger partial charge in [0.2, 0.25) is 0 Å². The first kappa shape index (κ1) is 7.95. The Kier molecular flexibility index (Phi) is 4.50. The Labute approximate surface area is 54.8 Å². The zero-order valence-electron chi connectivity index (χ0n) is 5.46. The van der Waals surface area contributed by atoms with Crippen LogP contribution < -0.4 is 0 Å². The van der Waals surface area contributed by atoms with Gasteiger partial charge in [0.05, 0.1) is 0 Å². The van der Waals surface area contributed by atoms with Crippen LogP contribution in [0.3, 0.4) is 0 Å². The van der Waals surface area contributed by atoms with Crippen molar-refractivity contribution in [3.8, 4) is 0 Å². The van der Waals surface area contributed by atoms with Crippen molar-refractivity contribution in [1.82, 2.24) is 0 Å². The van der Waals surface area contributed by atoms with Crippen LogP contribution in [0.15, 0.2) is 24.5 Å². The van der Waals surface area contributed by atoms with Crippen molar-refractivity contribution in [2.75, 3.05) is 6.61 Å². The predicted octanol–water partition coefficient (Wildman–Crippen LogP) is 1.29. The monoisotopic (exact) mass is 126 g/mol. The van der Waals surface area contributed by atoms with E-state index in [1.807, 2.05) is 0 Å². The molecule has 2 nitrogen and oxygen atoms in total. The van der Waals surface area contributed by atoms with Gasteiger partial charge in [-0.2, -0.15) is 0 Å². The molecule has 0 fully saturated rings. The van der Waals surface area contributed by atoms with Crippen LogP contribution in [0.25, 0.3) is 0 Å². The second-order valence-electron chi connectivity index (χ2n) is 1.41. The molecule has 0 aliphatic heterocycles. The average molecular weight is 126 g/mol. The molecule has 0 aliphatic rings. The molecule has 0 aromatic rings. The molecule has 9 heavy (non-hydrogen) atoms. The highest BCUT2D eigenvalue weighted by atomic mass is 16.5. The summed E-state index contributed by atoms with van der Waals surface area (Å²) < 4.78 is 4.86. The molecule has 0 saturated carbocycles. The Balaban J connectivity index is 3.57. The van der Waals surface area contributed by atoms with Crippen molar-refractivity contribution in [2.45, 2.75) is 6.92 Å². The van der Waals surface area contributed by atoms with Gasteiger partial charge in [-0.05, 0) is 13.0 Å². The molecule has 0 aliphatic carbocycles. The smallest absolute Gasteiger partial charge is 0.184 e. The zero-order chi connectivity index (χ0) is 7.11. The molecule has 0 aromatic heterocycles. The third-order valence-corrected chi connectivity index (χ3v) is 0.769. The van der Waals surface area contributed by atoms with E-state index in [2.05, 4.69) is 6.58 Å². The second-order valence-corrected chi connectivity index (χ2v) is 1.41. The minimum atomic E-state index is 0.356. The summed E-state index contributed by atoms with van der Waals surface area (Å²) in [6, 6.07) is 0. The zero-order valence-corrected chi connectivity index (χ0v) is 5.46. The van der Waals surface area contributed by atoms with Crippen LogP contribution >= 0.6 is 0 Å². The van der Waals surface area contributed by atoms with Gasteiger partial charge < -0.3 is 4.74 Å². The molecule has 0 saturated heterocycles. The predicted molar refractivity (Wildman–Crippen MR) is 36.0 cm³/mol. The molecular weight excluding hydrogens is 116 g/mol. The maximum Gasteiger partial charge on any atom is 0.184 e. The SMILES string of the molecule is C=CCO/C(C=O)=C\C. The Hall–Kier alpha value is -1.05. The van der Waals surface area contributed by atoms with Crippen LogP contribution in [-0.2, 0) is 9.53 Å². The Morgan fingerprint density at radius 2 is 2.44 bits per heavy atom. The Morgan fingerprint density at radius 3 is 2.78 bits per heavy atom. The van der Waals surface area contributed by atoms with Gasteiger partial charge in [-0.1, -0.05) is 12.7 Å². The average Bonchev–Trinajstić information content (AvgIpc) is 1.91. The first-order valence-electron chi connectivity index (χ1n) is 2.70. The summed E-state index contributed by atoms with van der Waals surface area (Å²) in [6.07, 6.45) is 3.87. The van der Waals surface area contributed by atoms with Gasteiger partial charge in [0.1, 0.15) is 6.61 Å². The molecule has 0 amide bonds. The van der Waals surface area contributed by atoms with E-state index >= 15 is 0 Å². The van der Waals surface area contributed by atoms with Crippen molar-refractivity contribution < 1.29 is 9.53 Å². The van der Waals surface area contributed by atoms with Crippen molar-refractivity contribution >= 4 is 6.29 Å². The van der Waals surface area contributed by atoms with E-state index in [4.69, 9.17) is 4.74 Å². The van der Waals surface area contributed by atoms with Crippen molar-refractivity contribution in [3.63, 3.8) is 0 Å². The van der Waals surface area contributed by atoms with Crippen LogP contribution in [0.2, 0.25) is 0 Å². The molecule has 0 radical (unpaired) electrons. The van der Waals surface area contributed by atoms with Crippen LogP contribution in [0.5, 0.6) is 0 Å². The quantitative estimate of drug-likeness (QED) is 0.245. The molecule has 0 bridgehead atoms. The van der Waals surface area contributed by atoms with Crippen molar-refractivity contribution in [2.24, 2.45) is 0 Å². The minimum Gasteiger partial charge on any atom is -0.486 e. The number of hydrogen-bond acceptors (Lipinski definition) is 2. The van der Waals surface area contributed by atoms with E-state index in [0.717, 1.165) is 0 Å². The van der Waals surface area contributed by atoms with Gasteiger partial charge in [-0.3, -0.25) is 4.79 Å². The highest BCUT2D eigenvalue weighted by molar-refractivity contribution is 5.69. The third kappa shape index (κ3) is 3.53. The van der Waals surface area contributed by atoms with E-state index < -0.39 is 0 Å². The first-order chi connectivity index (χ1) is 4.35. The maximum atomic E-state index is 10.0. The molecule has 0 N–H and O–H groups in total. The van der Waals surface area contributed by atoms with Crippen LogP contribution in [0.4, 0.5) is 0 Å². The summed E-state index contributed by atoms with van der Waals surface area (Å²) in [4.78, 5) is 10.0. The fourth-order valence-corrected chi connectivity index (χ4v) is 0.341. The van der Waals surface area contributed by atoms with Crippen molar-refractivity contribution in [1.29, 1.82) is 0 Å². The summed E-state index contributed by atoms with van der Waals surface area (Å²) >= 11 is 0. The van der Waals surface area contributed by atoms with Gasteiger partial charge in [0.15, 0.2) is 12.0 Å². The summed E-state index contributed by atoms with van der Waals surface area (Å²) in [6.45, 7) is 5.56. The number of aldehydes is 1. The van der Waals surface area contributed by atoms with Crippen LogP contribution in [-0.4, -0.2) is 12.9 Å². The van der Waals surface area contributed by atoms with Gasteiger partial charge in [0.25, 0.3) is 0 Å². The molecule has 0 heterocycles. The summed E-state index contributed by atoms with van der Waals surface area (Å²) in [5.41, 5.74) is 0. The normalized spacial score (nSPS) is 10.6. The second kappa shape index (κ2) is 5.09. The molecule has 0 spiro atoms. The number of carbonyl (C=O) groups is 1. The lowest BCUT2D eigenvalue weighted by Crippen LogP contribution is -1.91. The summed E-state index contributed by atoms with van der Waals surface area (Å²) in [7, 11) is 0. The number of allylic oxidation sites excluding steroid dienone is 2. The van der Waals surface area contributed by atoms with Gasteiger partial charge >= 0.3 is 0 Å². The Morgan fingerprint density at radius 1 is 1.78 bits per heavy atom. The Bertz CT molecular complexity index is 125.